The second kappa shape index (κ2) is 4.72. The highest BCUT2D eigenvalue weighted by atomic mass is 15.1. The van der Waals surface area contributed by atoms with Gasteiger partial charge < -0.3 is 9.88 Å². The molecule has 3 aromatic rings. The maximum absolute atomic E-state index is 4.69. The lowest BCUT2D eigenvalue weighted by Crippen LogP contribution is -2.12. The minimum absolute atomic E-state index is 0.126. The summed E-state index contributed by atoms with van der Waals surface area (Å²) in [6, 6.07) is 12.2. The van der Waals surface area contributed by atoms with E-state index in [9.17, 15) is 0 Å². The smallest absolute Gasteiger partial charge is 0.131 e. The van der Waals surface area contributed by atoms with E-state index in [1.54, 1.807) is 6.20 Å². The highest BCUT2D eigenvalue weighted by molar-refractivity contribution is 5.76. The van der Waals surface area contributed by atoms with Crippen LogP contribution < -0.4 is 5.32 Å². The van der Waals surface area contributed by atoms with Gasteiger partial charge in [-0.15, -0.1) is 0 Å². The molecule has 0 aliphatic rings. The van der Waals surface area contributed by atoms with E-state index in [4.69, 9.17) is 0 Å². The normalized spacial score (nSPS) is 12.5. The van der Waals surface area contributed by atoms with Crippen molar-refractivity contribution < 1.29 is 0 Å². The molecule has 1 N–H and O–H groups in total. The Kier molecular flexibility index (Phi) is 2.91. The SMILES string of the molecule is CC(Nc1cccnc1)c1nc2ccccc2n1C. The molecule has 0 spiro atoms. The van der Waals surface area contributed by atoms with Crippen LogP contribution in [0.5, 0.6) is 0 Å². The molecule has 3 rings (SSSR count). The molecule has 0 saturated carbocycles. The van der Waals surface area contributed by atoms with Crippen LogP contribution in [0.4, 0.5) is 5.69 Å². The lowest BCUT2D eigenvalue weighted by atomic mass is 10.3. The van der Waals surface area contributed by atoms with E-state index >= 15 is 0 Å². The minimum Gasteiger partial charge on any atom is -0.374 e. The van der Waals surface area contributed by atoms with E-state index < -0.39 is 0 Å². The summed E-state index contributed by atoms with van der Waals surface area (Å²) in [6.07, 6.45) is 3.59. The molecule has 4 nitrogen and oxygen atoms in total. The van der Waals surface area contributed by atoms with Crippen molar-refractivity contribution in [1.29, 1.82) is 0 Å². The number of anilines is 1. The first-order chi connectivity index (χ1) is 9.25. The Morgan fingerprint density at radius 1 is 1.16 bits per heavy atom. The van der Waals surface area contributed by atoms with E-state index in [2.05, 4.69) is 32.8 Å². The summed E-state index contributed by atoms with van der Waals surface area (Å²) >= 11 is 0. The zero-order valence-corrected chi connectivity index (χ0v) is 11.0. The molecule has 1 atom stereocenters. The standard InChI is InChI=1S/C15H16N4/c1-11(17-12-6-5-9-16-10-12)15-18-13-7-3-4-8-14(13)19(15)2/h3-11,17H,1-2H3. The van der Waals surface area contributed by atoms with Crippen LogP contribution in [0.1, 0.15) is 18.8 Å². The molecule has 0 saturated heterocycles. The minimum atomic E-state index is 0.126. The quantitative estimate of drug-likeness (QED) is 0.778. The predicted octanol–water partition coefficient (Wildman–Crippen LogP) is 3.14. The number of pyridine rings is 1. The van der Waals surface area contributed by atoms with Crippen LogP contribution in [0.3, 0.4) is 0 Å². The number of fused-ring (bicyclic) bond motifs is 1. The number of para-hydroxylation sites is 2. The first-order valence-electron chi connectivity index (χ1n) is 6.33. The molecule has 2 aromatic heterocycles. The highest BCUT2D eigenvalue weighted by Gasteiger charge is 2.13. The average molecular weight is 252 g/mol. The van der Waals surface area contributed by atoms with Gasteiger partial charge in [0, 0.05) is 19.4 Å². The molecule has 1 aromatic carbocycles. The molecule has 0 fully saturated rings. The summed E-state index contributed by atoms with van der Waals surface area (Å²) in [4.78, 5) is 8.80. The number of nitrogens with zero attached hydrogens (tertiary/aromatic N) is 3. The molecule has 96 valence electrons. The van der Waals surface area contributed by atoms with Gasteiger partial charge in [0.25, 0.3) is 0 Å². The van der Waals surface area contributed by atoms with Crippen molar-refractivity contribution in [1.82, 2.24) is 14.5 Å². The van der Waals surface area contributed by atoms with Crippen molar-refractivity contribution in [2.45, 2.75) is 13.0 Å². The van der Waals surface area contributed by atoms with Crippen LogP contribution in [0, 0.1) is 0 Å². The summed E-state index contributed by atoms with van der Waals surface area (Å²) in [5, 5.41) is 3.41. The number of hydrogen-bond donors (Lipinski definition) is 1. The Labute approximate surface area is 112 Å². The fraction of sp³-hybridized carbons (Fsp3) is 0.200. The third-order valence-electron chi connectivity index (χ3n) is 3.25. The number of benzene rings is 1. The molecular weight excluding hydrogens is 236 g/mol. The van der Waals surface area contributed by atoms with Gasteiger partial charge in [0.15, 0.2) is 0 Å². The third-order valence-corrected chi connectivity index (χ3v) is 3.25. The van der Waals surface area contributed by atoms with Crippen LogP contribution in [-0.4, -0.2) is 14.5 Å². The summed E-state index contributed by atoms with van der Waals surface area (Å²) in [7, 11) is 2.05. The number of imidazole rings is 1. The predicted molar refractivity (Wildman–Crippen MR) is 77.0 cm³/mol. The molecule has 0 aliphatic heterocycles. The number of rotatable bonds is 3. The van der Waals surface area contributed by atoms with Crippen molar-refractivity contribution >= 4 is 16.7 Å². The van der Waals surface area contributed by atoms with Gasteiger partial charge >= 0.3 is 0 Å². The first kappa shape index (κ1) is 11.7. The van der Waals surface area contributed by atoms with Crippen molar-refractivity contribution in [2.24, 2.45) is 7.05 Å². The third kappa shape index (κ3) is 2.17. The fourth-order valence-corrected chi connectivity index (χ4v) is 2.31. The lowest BCUT2D eigenvalue weighted by Gasteiger charge is -2.14. The highest BCUT2D eigenvalue weighted by Crippen LogP contribution is 2.22. The van der Waals surface area contributed by atoms with Crippen LogP contribution >= 0.6 is 0 Å². The molecule has 19 heavy (non-hydrogen) atoms. The monoisotopic (exact) mass is 252 g/mol. The maximum atomic E-state index is 4.69. The molecule has 1 unspecified atom stereocenters. The number of aromatic nitrogens is 3. The topological polar surface area (TPSA) is 42.7 Å². The van der Waals surface area contributed by atoms with Crippen LogP contribution in [-0.2, 0) is 7.05 Å². The Hall–Kier alpha value is -2.36. The van der Waals surface area contributed by atoms with Gasteiger partial charge in [-0.1, -0.05) is 12.1 Å². The molecule has 4 heteroatoms. The second-order valence-electron chi connectivity index (χ2n) is 4.63. The number of nitrogens with one attached hydrogen (secondary N) is 1. The molecule has 2 heterocycles. The Morgan fingerprint density at radius 2 is 2.00 bits per heavy atom. The van der Waals surface area contributed by atoms with Crippen LogP contribution in [0.2, 0.25) is 0 Å². The van der Waals surface area contributed by atoms with Crippen molar-refractivity contribution in [3.63, 3.8) is 0 Å². The molecule has 0 aliphatic carbocycles. The van der Waals surface area contributed by atoms with Gasteiger partial charge in [0.1, 0.15) is 5.82 Å². The van der Waals surface area contributed by atoms with E-state index in [1.807, 2.05) is 43.6 Å². The Balaban J connectivity index is 1.93. The summed E-state index contributed by atoms with van der Waals surface area (Å²) in [5.41, 5.74) is 3.18. The largest absolute Gasteiger partial charge is 0.374 e. The summed E-state index contributed by atoms with van der Waals surface area (Å²) in [5.74, 6) is 1.02. The van der Waals surface area contributed by atoms with Gasteiger partial charge in [0.2, 0.25) is 0 Å². The first-order valence-corrected chi connectivity index (χ1v) is 6.33. The maximum Gasteiger partial charge on any atom is 0.131 e. The van der Waals surface area contributed by atoms with E-state index in [0.29, 0.717) is 0 Å². The number of aryl methyl sites for hydroxylation is 1. The molecule has 0 bridgehead atoms. The van der Waals surface area contributed by atoms with E-state index in [-0.39, 0.29) is 6.04 Å². The lowest BCUT2D eigenvalue weighted by molar-refractivity contribution is 0.733. The average Bonchev–Trinajstić information content (AvgIpc) is 2.78. The zero-order chi connectivity index (χ0) is 13.2. The molecular formula is C15H16N4. The van der Waals surface area contributed by atoms with Gasteiger partial charge in [-0.25, -0.2) is 4.98 Å². The van der Waals surface area contributed by atoms with Crippen molar-refractivity contribution in [3.05, 3.63) is 54.6 Å². The van der Waals surface area contributed by atoms with Crippen LogP contribution in [0.15, 0.2) is 48.8 Å². The van der Waals surface area contributed by atoms with Gasteiger partial charge in [-0.3, -0.25) is 4.98 Å². The van der Waals surface area contributed by atoms with E-state index in [0.717, 1.165) is 22.5 Å². The molecule has 0 radical (unpaired) electrons. The van der Waals surface area contributed by atoms with Gasteiger partial charge in [0.05, 0.1) is 22.8 Å². The molecule has 0 amide bonds. The van der Waals surface area contributed by atoms with Gasteiger partial charge in [-0.05, 0) is 31.2 Å². The second-order valence-corrected chi connectivity index (χ2v) is 4.63. The Bertz CT molecular complexity index is 688. The van der Waals surface area contributed by atoms with Crippen molar-refractivity contribution in [3.8, 4) is 0 Å². The number of hydrogen-bond acceptors (Lipinski definition) is 3. The zero-order valence-electron chi connectivity index (χ0n) is 11.0. The van der Waals surface area contributed by atoms with Gasteiger partial charge in [-0.2, -0.15) is 0 Å². The summed E-state index contributed by atoms with van der Waals surface area (Å²) < 4.78 is 2.13. The van der Waals surface area contributed by atoms with E-state index in [1.165, 1.54) is 0 Å². The Morgan fingerprint density at radius 3 is 2.74 bits per heavy atom. The fourth-order valence-electron chi connectivity index (χ4n) is 2.31. The summed E-state index contributed by atoms with van der Waals surface area (Å²) in [6.45, 7) is 2.11. The van der Waals surface area contributed by atoms with Crippen LogP contribution in [0.25, 0.3) is 11.0 Å². The van der Waals surface area contributed by atoms with Crippen molar-refractivity contribution in [2.75, 3.05) is 5.32 Å².